The van der Waals surface area contributed by atoms with E-state index < -0.39 is 5.60 Å². The van der Waals surface area contributed by atoms with E-state index in [1.807, 2.05) is 37.3 Å². The Morgan fingerprint density at radius 3 is 2.55 bits per heavy atom. The van der Waals surface area contributed by atoms with Gasteiger partial charge in [0.25, 0.3) is 0 Å². The van der Waals surface area contributed by atoms with Crippen molar-refractivity contribution in [2.45, 2.75) is 26.4 Å². The van der Waals surface area contributed by atoms with Crippen LogP contribution in [0.3, 0.4) is 0 Å². The molecule has 1 saturated heterocycles. The number of guanidine groups is 1. The number of aliphatic imine (C=N–C) groups is 1. The van der Waals surface area contributed by atoms with Crippen molar-refractivity contribution in [1.29, 1.82) is 0 Å². The van der Waals surface area contributed by atoms with E-state index in [0.29, 0.717) is 6.54 Å². The number of ether oxygens (including phenoxy) is 1. The Morgan fingerprint density at radius 1 is 1.32 bits per heavy atom. The highest BCUT2D eigenvalue weighted by molar-refractivity contribution is 5.79. The summed E-state index contributed by atoms with van der Waals surface area (Å²) in [5, 5.41) is 17.2. The molecule has 5 nitrogen and oxygen atoms in total. The van der Waals surface area contributed by atoms with E-state index in [4.69, 9.17) is 4.74 Å². The lowest BCUT2D eigenvalue weighted by Crippen LogP contribution is -2.51. The molecule has 1 fully saturated rings. The van der Waals surface area contributed by atoms with Crippen LogP contribution >= 0.6 is 0 Å². The SMILES string of the molecule is CCNC(=NCC(C)(O)c1ccccc1)NCC1(C)COC1. The number of nitrogens with one attached hydrogen (secondary N) is 2. The average molecular weight is 305 g/mol. The number of benzene rings is 1. The van der Waals surface area contributed by atoms with Crippen LogP contribution in [0.1, 0.15) is 26.3 Å². The first-order valence-electron chi connectivity index (χ1n) is 7.83. The summed E-state index contributed by atoms with van der Waals surface area (Å²) in [6, 6.07) is 9.63. The molecule has 0 radical (unpaired) electrons. The molecule has 122 valence electrons. The zero-order valence-electron chi connectivity index (χ0n) is 13.7. The van der Waals surface area contributed by atoms with Gasteiger partial charge in [-0.2, -0.15) is 0 Å². The van der Waals surface area contributed by atoms with Crippen LogP contribution in [0.5, 0.6) is 0 Å². The molecule has 3 N–H and O–H groups in total. The molecule has 0 spiro atoms. The van der Waals surface area contributed by atoms with Crippen molar-refractivity contribution < 1.29 is 9.84 Å². The van der Waals surface area contributed by atoms with Crippen molar-refractivity contribution >= 4 is 5.96 Å². The fourth-order valence-electron chi connectivity index (χ4n) is 2.31. The molecule has 1 heterocycles. The van der Waals surface area contributed by atoms with Crippen molar-refractivity contribution in [3.8, 4) is 0 Å². The number of nitrogens with zero attached hydrogens (tertiary/aromatic N) is 1. The van der Waals surface area contributed by atoms with E-state index in [1.165, 1.54) is 0 Å². The Balaban J connectivity index is 1.96. The summed E-state index contributed by atoms with van der Waals surface area (Å²) < 4.78 is 5.26. The van der Waals surface area contributed by atoms with Gasteiger partial charge in [-0.3, -0.25) is 0 Å². The minimum absolute atomic E-state index is 0.179. The van der Waals surface area contributed by atoms with E-state index in [2.05, 4.69) is 22.5 Å². The normalized spacial score (nSPS) is 19.9. The molecule has 1 aliphatic heterocycles. The van der Waals surface area contributed by atoms with Gasteiger partial charge in [-0.05, 0) is 19.4 Å². The van der Waals surface area contributed by atoms with Crippen LogP contribution in [-0.2, 0) is 10.3 Å². The Hall–Kier alpha value is -1.59. The van der Waals surface area contributed by atoms with Crippen molar-refractivity contribution in [2.24, 2.45) is 10.4 Å². The lowest BCUT2D eigenvalue weighted by Gasteiger charge is -2.38. The molecule has 0 amide bonds. The Labute approximate surface area is 132 Å². The summed E-state index contributed by atoms with van der Waals surface area (Å²) in [7, 11) is 0. The smallest absolute Gasteiger partial charge is 0.191 e. The van der Waals surface area contributed by atoms with E-state index >= 15 is 0 Å². The standard InChI is InChI=1S/C17H27N3O2/c1-4-18-15(19-10-16(2)12-22-13-16)20-11-17(3,21)14-8-6-5-7-9-14/h5-9,21H,4,10-13H2,1-3H3,(H2,18,19,20). The van der Waals surface area contributed by atoms with Gasteiger partial charge in [0.05, 0.1) is 19.8 Å². The van der Waals surface area contributed by atoms with Gasteiger partial charge in [-0.1, -0.05) is 37.3 Å². The number of aliphatic hydroxyl groups is 1. The van der Waals surface area contributed by atoms with Crippen molar-refractivity contribution in [3.63, 3.8) is 0 Å². The maximum absolute atomic E-state index is 10.6. The highest BCUT2D eigenvalue weighted by atomic mass is 16.5. The van der Waals surface area contributed by atoms with Gasteiger partial charge in [-0.25, -0.2) is 4.99 Å². The third-order valence-corrected chi connectivity index (χ3v) is 3.87. The van der Waals surface area contributed by atoms with Gasteiger partial charge in [0.1, 0.15) is 5.60 Å². The third-order valence-electron chi connectivity index (χ3n) is 3.87. The van der Waals surface area contributed by atoms with E-state index in [1.54, 1.807) is 6.92 Å². The molecule has 1 aliphatic rings. The molecule has 1 aromatic carbocycles. The highest BCUT2D eigenvalue weighted by Crippen LogP contribution is 2.25. The number of rotatable bonds is 6. The minimum Gasteiger partial charge on any atom is -0.384 e. The predicted molar refractivity (Wildman–Crippen MR) is 88.9 cm³/mol. The molecular weight excluding hydrogens is 278 g/mol. The van der Waals surface area contributed by atoms with Crippen molar-refractivity contribution in [1.82, 2.24) is 10.6 Å². The molecular formula is C17H27N3O2. The van der Waals surface area contributed by atoms with Gasteiger partial charge in [0.15, 0.2) is 5.96 Å². The van der Waals surface area contributed by atoms with E-state index in [-0.39, 0.29) is 5.41 Å². The first-order valence-corrected chi connectivity index (χ1v) is 7.83. The lowest BCUT2D eigenvalue weighted by molar-refractivity contribution is -0.0971. The fraction of sp³-hybridized carbons (Fsp3) is 0.588. The topological polar surface area (TPSA) is 65.9 Å². The molecule has 1 aromatic rings. The molecule has 0 aliphatic carbocycles. The largest absolute Gasteiger partial charge is 0.384 e. The van der Waals surface area contributed by atoms with Crippen LogP contribution in [0.2, 0.25) is 0 Å². The monoisotopic (exact) mass is 305 g/mol. The number of hydrogen-bond donors (Lipinski definition) is 3. The van der Waals surface area contributed by atoms with Gasteiger partial charge in [0.2, 0.25) is 0 Å². The second-order valence-electron chi connectivity index (χ2n) is 6.49. The molecule has 0 bridgehead atoms. The minimum atomic E-state index is -0.979. The molecule has 1 unspecified atom stereocenters. The summed E-state index contributed by atoms with van der Waals surface area (Å²) >= 11 is 0. The zero-order chi connectivity index (χ0) is 16.1. The summed E-state index contributed by atoms with van der Waals surface area (Å²) in [4.78, 5) is 4.53. The second kappa shape index (κ2) is 7.11. The second-order valence-corrected chi connectivity index (χ2v) is 6.49. The Morgan fingerprint density at radius 2 is 2.00 bits per heavy atom. The van der Waals surface area contributed by atoms with Gasteiger partial charge in [-0.15, -0.1) is 0 Å². The van der Waals surface area contributed by atoms with Gasteiger partial charge >= 0.3 is 0 Å². The van der Waals surface area contributed by atoms with Crippen LogP contribution < -0.4 is 10.6 Å². The maximum Gasteiger partial charge on any atom is 0.191 e. The van der Waals surface area contributed by atoms with Crippen LogP contribution in [0.4, 0.5) is 0 Å². The zero-order valence-corrected chi connectivity index (χ0v) is 13.7. The Kier molecular flexibility index (Phi) is 5.42. The maximum atomic E-state index is 10.6. The Bertz CT molecular complexity index is 496. The van der Waals surface area contributed by atoms with Crippen LogP contribution in [0.15, 0.2) is 35.3 Å². The molecule has 0 aromatic heterocycles. The van der Waals surface area contributed by atoms with Crippen LogP contribution in [-0.4, -0.2) is 43.9 Å². The van der Waals surface area contributed by atoms with E-state index in [9.17, 15) is 5.11 Å². The molecule has 2 rings (SSSR count). The van der Waals surface area contributed by atoms with E-state index in [0.717, 1.165) is 37.8 Å². The summed E-state index contributed by atoms with van der Waals surface area (Å²) in [6.07, 6.45) is 0. The van der Waals surface area contributed by atoms with Gasteiger partial charge in [0, 0.05) is 18.5 Å². The number of hydrogen-bond acceptors (Lipinski definition) is 3. The first kappa shape index (κ1) is 16.8. The fourth-order valence-corrected chi connectivity index (χ4v) is 2.31. The van der Waals surface area contributed by atoms with Gasteiger partial charge < -0.3 is 20.5 Å². The predicted octanol–water partition coefficient (Wildman–Crippen LogP) is 1.49. The lowest BCUT2D eigenvalue weighted by atomic mass is 9.89. The van der Waals surface area contributed by atoms with Crippen LogP contribution in [0.25, 0.3) is 0 Å². The summed E-state index contributed by atoms with van der Waals surface area (Å²) in [5.74, 6) is 0.729. The molecule has 5 heteroatoms. The highest BCUT2D eigenvalue weighted by Gasteiger charge is 2.33. The molecule has 0 saturated carbocycles. The van der Waals surface area contributed by atoms with Crippen molar-refractivity contribution in [2.75, 3.05) is 32.8 Å². The molecule has 1 atom stereocenters. The van der Waals surface area contributed by atoms with Crippen LogP contribution in [0, 0.1) is 5.41 Å². The third kappa shape index (κ3) is 4.45. The molecule has 22 heavy (non-hydrogen) atoms. The quantitative estimate of drug-likeness (QED) is 0.550. The summed E-state index contributed by atoms with van der Waals surface area (Å²) in [5.41, 5.74) is 0.0690. The van der Waals surface area contributed by atoms with Crippen molar-refractivity contribution in [3.05, 3.63) is 35.9 Å². The average Bonchev–Trinajstić information content (AvgIpc) is 2.49. The first-order chi connectivity index (χ1) is 10.5. The summed E-state index contributed by atoms with van der Waals surface area (Å²) in [6.45, 7) is 9.46.